The number of fused-ring (bicyclic) bond motifs is 1. The molecular formula is C16H20N6O. The maximum Gasteiger partial charge on any atom is 0.252 e. The highest BCUT2D eigenvalue weighted by atomic mass is 16.1. The fourth-order valence-corrected chi connectivity index (χ4v) is 2.80. The molecule has 0 aliphatic carbocycles. The molecule has 2 aromatic rings. The van der Waals surface area contributed by atoms with Crippen LogP contribution in [0.1, 0.15) is 22.5 Å². The summed E-state index contributed by atoms with van der Waals surface area (Å²) in [6.45, 7) is 1.38. The van der Waals surface area contributed by atoms with Crippen LogP contribution in [0.2, 0.25) is 0 Å². The molecule has 0 radical (unpaired) electrons. The topological polar surface area (TPSA) is 111 Å². The molecule has 23 heavy (non-hydrogen) atoms. The second kappa shape index (κ2) is 6.51. The Bertz CT molecular complexity index is 721. The summed E-state index contributed by atoms with van der Waals surface area (Å²) in [5.41, 5.74) is 13.6. The van der Waals surface area contributed by atoms with Gasteiger partial charge in [-0.1, -0.05) is 18.2 Å². The largest absolute Gasteiger partial charge is 0.370 e. The Morgan fingerprint density at radius 1 is 1.35 bits per heavy atom. The highest BCUT2D eigenvalue weighted by Crippen LogP contribution is 2.23. The second-order valence-electron chi connectivity index (χ2n) is 5.67. The number of carbonyl (C=O) groups is 1. The number of nitrogens with one attached hydrogen (secondary N) is 1. The van der Waals surface area contributed by atoms with E-state index < -0.39 is 5.91 Å². The van der Waals surface area contributed by atoms with Gasteiger partial charge in [-0.2, -0.15) is 5.10 Å². The van der Waals surface area contributed by atoms with Crippen molar-refractivity contribution in [3.05, 3.63) is 47.8 Å². The van der Waals surface area contributed by atoms with Crippen molar-refractivity contribution in [2.45, 2.75) is 19.4 Å². The van der Waals surface area contributed by atoms with Crippen molar-refractivity contribution in [2.24, 2.45) is 22.4 Å². The molecular weight excluding hydrogens is 292 g/mol. The standard InChI is InChI=1S/C16H20N6O/c17-15(23)13-10-20-22-7-6-11(8-14(13)22)9-19-16(18)21-12-4-2-1-3-5-12/h1-5,10-11H,6-9H2,(H2,17,23)(H3,18,19,21). The molecule has 120 valence electrons. The monoisotopic (exact) mass is 312 g/mol. The van der Waals surface area contributed by atoms with Crippen molar-refractivity contribution in [2.75, 3.05) is 11.9 Å². The van der Waals surface area contributed by atoms with Crippen molar-refractivity contribution in [3.63, 3.8) is 0 Å². The second-order valence-corrected chi connectivity index (χ2v) is 5.67. The summed E-state index contributed by atoms with van der Waals surface area (Å²) < 4.78 is 1.85. The SMILES string of the molecule is NC(=O)c1cnn2c1CC(CN=C(N)Nc1ccccc1)CC2. The van der Waals surface area contributed by atoms with E-state index in [1.54, 1.807) is 6.20 Å². The Balaban J connectivity index is 1.62. The number of nitrogens with two attached hydrogens (primary N) is 2. The molecule has 1 unspecified atom stereocenters. The normalized spacial score (nSPS) is 17.6. The van der Waals surface area contributed by atoms with Crippen LogP contribution in [0.3, 0.4) is 0 Å². The zero-order chi connectivity index (χ0) is 16.2. The van der Waals surface area contributed by atoms with E-state index in [0.29, 0.717) is 24.0 Å². The summed E-state index contributed by atoms with van der Waals surface area (Å²) in [7, 11) is 0. The van der Waals surface area contributed by atoms with Crippen LogP contribution in [0.15, 0.2) is 41.5 Å². The van der Waals surface area contributed by atoms with Gasteiger partial charge in [0.2, 0.25) is 0 Å². The summed E-state index contributed by atoms with van der Waals surface area (Å²) in [6.07, 6.45) is 3.24. The van der Waals surface area contributed by atoms with Crippen molar-refractivity contribution in [3.8, 4) is 0 Å². The number of carbonyl (C=O) groups excluding carboxylic acids is 1. The van der Waals surface area contributed by atoms with Crippen molar-refractivity contribution < 1.29 is 4.79 Å². The molecule has 0 bridgehead atoms. The molecule has 5 N–H and O–H groups in total. The Labute approximate surface area is 134 Å². The predicted octanol–water partition coefficient (Wildman–Crippen LogP) is 0.971. The van der Waals surface area contributed by atoms with Gasteiger partial charge in [0, 0.05) is 18.8 Å². The van der Waals surface area contributed by atoms with Crippen LogP contribution in [-0.4, -0.2) is 28.2 Å². The molecule has 2 heterocycles. The van der Waals surface area contributed by atoms with Gasteiger partial charge in [-0.25, -0.2) is 0 Å². The molecule has 1 aliphatic heterocycles. The molecule has 1 aliphatic rings. The van der Waals surface area contributed by atoms with Gasteiger partial charge in [0.05, 0.1) is 17.5 Å². The number of benzene rings is 1. The minimum atomic E-state index is -0.430. The molecule has 7 heteroatoms. The minimum absolute atomic E-state index is 0.327. The lowest BCUT2D eigenvalue weighted by Crippen LogP contribution is -2.27. The van der Waals surface area contributed by atoms with Crippen LogP contribution in [0.25, 0.3) is 0 Å². The number of rotatable bonds is 4. The molecule has 7 nitrogen and oxygen atoms in total. The first-order valence-corrected chi connectivity index (χ1v) is 7.60. The van der Waals surface area contributed by atoms with Gasteiger partial charge in [0.15, 0.2) is 5.96 Å². The number of aromatic nitrogens is 2. The van der Waals surface area contributed by atoms with Gasteiger partial charge < -0.3 is 16.8 Å². The van der Waals surface area contributed by atoms with Crippen LogP contribution in [0.4, 0.5) is 5.69 Å². The number of guanidine groups is 1. The fourth-order valence-electron chi connectivity index (χ4n) is 2.80. The Hall–Kier alpha value is -2.83. The number of amides is 1. The first-order chi connectivity index (χ1) is 11.1. The zero-order valence-corrected chi connectivity index (χ0v) is 12.8. The third-order valence-corrected chi connectivity index (χ3v) is 4.01. The first kappa shape index (κ1) is 15.1. The number of hydrogen-bond acceptors (Lipinski definition) is 3. The highest BCUT2D eigenvalue weighted by molar-refractivity contribution is 5.93. The Kier molecular flexibility index (Phi) is 4.27. The molecule has 3 rings (SSSR count). The van der Waals surface area contributed by atoms with Gasteiger partial charge in [-0.05, 0) is 30.9 Å². The summed E-state index contributed by atoms with van der Waals surface area (Å²) in [4.78, 5) is 15.8. The van der Waals surface area contributed by atoms with Gasteiger partial charge >= 0.3 is 0 Å². The van der Waals surface area contributed by atoms with Crippen molar-refractivity contribution in [1.29, 1.82) is 0 Å². The van der Waals surface area contributed by atoms with Crippen molar-refractivity contribution in [1.82, 2.24) is 9.78 Å². The van der Waals surface area contributed by atoms with E-state index in [2.05, 4.69) is 15.4 Å². The lowest BCUT2D eigenvalue weighted by molar-refractivity contribution is 0.0998. The predicted molar refractivity (Wildman–Crippen MR) is 89.1 cm³/mol. The maximum absolute atomic E-state index is 11.4. The van der Waals surface area contributed by atoms with Gasteiger partial charge in [0.1, 0.15) is 0 Å². The number of aliphatic imine (C=N–C) groups is 1. The number of hydrogen-bond donors (Lipinski definition) is 3. The van der Waals surface area contributed by atoms with E-state index in [0.717, 1.165) is 30.8 Å². The van der Waals surface area contributed by atoms with E-state index in [1.165, 1.54) is 0 Å². The fraction of sp³-hybridized carbons (Fsp3) is 0.312. The van der Waals surface area contributed by atoms with Crippen molar-refractivity contribution >= 4 is 17.6 Å². The average Bonchev–Trinajstić information content (AvgIpc) is 2.97. The Morgan fingerprint density at radius 3 is 2.87 bits per heavy atom. The highest BCUT2D eigenvalue weighted by Gasteiger charge is 2.24. The third kappa shape index (κ3) is 3.50. The molecule has 0 fully saturated rings. The van der Waals surface area contributed by atoms with Crippen LogP contribution in [0, 0.1) is 5.92 Å². The molecule has 1 aromatic carbocycles. The summed E-state index contributed by atoms with van der Waals surface area (Å²) in [5.74, 6) is 0.291. The molecule has 1 aromatic heterocycles. The number of anilines is 1. The van der Waals surface area contributed by atoms with Gasteiger partial charge in [-0.15, -0.1) is 0 Å². The lowest BCUT2D eigenvalue weighted by Gasteiger charge is -2.22. The van der Waals surface area contributed by atoms with Gasteiger partial charge in [0.25, 0.3) is 5.91 Å². The van der Waals surface area contributed by atoms with Crippen LogP contribution in [-0.2, 0) is 13.0 Å². The van der Waals surface area contributed by atoms with E-state index >= 15 is 0 Å². The lowest BCUT2D eigenvalue weighted by atomic mass is 9.94. The molecule has 1 atom stereocenters. The number of aryl methyl sites for hydroxylation is 1. The van der Waals surface area contributed by atoms with E-state index in [1.807, 2.05) is 35.0 Å². The summed E-state index contributed by atoms with van der Waals surface area (Å²) in [5, 5.41) is 7.27. The molecule has 0 spiro atoms. The number of primary amides is 1. The smallest absolute Gasteiger partial charge is 0.252 e. The number of para-hydroxylation sites is 1. The Morgan fingerprint density at radius 2 is 2.13 bits per heavy atom. The van der Waals surface area contributed by atoms with E-state index in [-0.39, 0.29) is 0 Å². The maximum atomic E-state index is 11.4. The van der Waals surface area contributed by atoms with E-state index in [9.17, 15) is 4.79 Å². The van der Waals surface area contributed by atoms with Gasteiger partial charge in [-0.3, -0.25) is 14.5 Å². The van der Waals surface area contributed by atoms with Crippen LogP contribution >= 0.6 is 0 Å². The number of nitrogens with zero attached hydrogens (tertiary/aromatic N) is 3. The molecule has 1 amide bonds. The van der Waals surface area contributed by atoms with E-state index in [4.69, 9.17) is 11.5 Å². The summed E-state index contributed by atoms with van der Waals surface area (Å²) >= 11 is 0. The average molecular weight is 312 g/mol. The minimum Gasteiger partial charge on any atom is -0.370 e. The van der Waals surface area contributed by atoms with Crippen LogP contribution < -0.4 is 16.8 Å². The summed E-state index contributed by atoms with van der Waals surface area (Å²) in [6, 6.07) is 9.67. The molecule has 0 saturated carbocycles. The van der Waals surface area contributed by atoms with Crippen LogP contribution in [0.5, 0.6) is 0 Å². The third-order valence-electron chi connectivity index (χ3n) is 4.01. The molecule has 0 saturated heterocycles. The first-order valence-electron chi connectivity index (χ1n) is 7.60. The zero-order valence-electron chi connectivity index (χ0n) is 12.8. The quantitative estimate of drug-likeness (QED) is 0.577.